The summed E-state index contributed by atoms with van der Waals surface area (Å²) in [5.41, 5.74) is 6.64. The summed E-state index contributed by atoms with van der Waals surface area (Å²) in [5.74, 6) is -4.76. The molecule has 0 spiro atoms. The van der Waals surface area contributed by atoms with Crippen molar-refractivity contribution >= 4 is 29.7 Å². The fraction of sp³-hybridized carbons (Fsp3) is 0.542. The molecule has 1 saturated heterocycles. The van der Waals surface area contributed by atoms with Crippen molar-refractivity contribution in [3.05, 3.63) is 35.9 Å². The summed E-state index contributed by atoms with van der Waals surface area (Å²) in [6, 6.07) is 4.28. The normalized spacial score (nSPS) is 18.7. The zero-order valence-electron chi connectivity index (χ0n) is 20.0. The van der Waals surface area contributed by atoms with Crippen LogP contribution in [0.1, 0.15) is 45.1 Å². The van der Waals surface area contributed by atoms with E-state index in [1.807, 2.05) is 6.92 Å². The number of aliphatic carboxylic acids is 2. The Labute approximate surface area is 204 Å². The van der Waals surface area contributed by atoms with E-state index < -0.39 is 60.2 Å². The van der Waals surface area contributed by atoms with E-state index in [4.69, 9.17) is 5.73 Å². The van der Waals surface area contributed by atoms with Gasteiger partial charge in [0.05, 0.1) is 12.5 Å². The van der Waals surface area contributed by atoms with Crippen LogP contribution in [-0.4, -0.2) is 75.5 Å². The zero-order valence-corrected chi connectivity index (χ0v) is 20.0. The Morgan fingerprint density at radius 1 is 1.06 bits per heavy atom. The minimum atomic E-state index is -1.46. The molecule has 1 heterocycles. The Balaban J connectivity index is 2.26. The summed E-state index contributed by atoms with van der Waals surface area (Å²) in [4.78, 5) is 63.2. The number of nitrogens with zero attached hydrogens (tertiary/aromatic N) is 1. The number of hydrogen-bond acceptors (Lipinski definition) is 6. The van der Waals surface area contributed by atoms with Gasteiger partial charge in [0, 0.05) is 13.0 Å². The molecular formula is C24H34N4O7. The molecule has 1 aromatic carbocycles. The third kappa shape index (κ3) is 7.78. The number of carboxylic acids is 2. The lowest BCUT2D eigenvalue weighted by Gasteiger charge is -2.29. The highest BCUT2D eigenvalue weighted by Gasteiger charge is 2.38. The third-order valence-electron chi connectivity index (χ3n) is 6.29. The van der Waals surface area contributed by atoms with Crippen molar-refractivity contribution in [1.82, 2.24) is 15.5 Å². The molecule has 2 rings (SSSR count). The number of benzene rings is 1. The summed E-state index contributed by atoms with van der Waals surface area (Å²) in [6.07, 6.45) is 0.781. The van der Waals surface area contributed by atoms with E-state index in [-0.39, 0.29) is 18.9 Å². The molecule has 0 aromatic heterocycles. The number of likely N-dealkylation sites (tertiary alicyclic amines) is 1. The van der Waals surface area contributed by atoms with Gasteiger partial charge in [0.15, 0.2) is 0 Å². The van der Waals surface area contributed by atoms with Crippen molar-refractivity contribution in [2.24, 2.45) is 11.7 Å². The van der Waals surface area contributed by atoms with Crippen LogP contribution in [0.4, 0.5) is 0 Å². The van der Waals surface area contributed by atoms with E-state index in [1.165, 1.54) is 4.90 Å². The van der Waals surface area contributed by atoms with Gasteiger partial charge >= 0.3 is 11.9 Å². The molecule has 5 unspecified atom stereocenters. The van der Waals surface area contributed by atoms with E-state index in [0.29, 0.717) is 19.3 Å². The van der Waals surface area contributed by atoms with Crippen LogP contribution >= 0.6 is 0 Å². The lowest BCUT2D eigenvalue weighted by molar-refractivity contribution is -0.149. The molecule has 0 bridgehead atoms. The maximum absolute atomic E-state index is 13.3. The van der Waals surface area contributed by atoms with E-state index in [9.17, 15) is 34.2 Å². The Morgan fingerprint density at radius 3 is 2.26 bits per heavy atom. The Morgan fingerprint density at radius 2 is 1.69 bits per heavy atom. The second-order valence-electron chi connectivity index (χ2n) is 8.85. The molecule has 1 aromatic rings. The Hall–Kier alpha value is -3.47. The van der Waals surface area contributed by atoms with Crippen LogP contribution < -0.4 is 16.4 Å². The summed E-state index contributed by atoms with van der Waals surface area (Å²) in [7, 11) is 0. The van der Waals surface area contributed by atoms with Crippen LogP contribution in [0.5, 0.6) is 0 Å². The molecule has 35 heavy (non-hydrogen) atoms. The average molecular weight is 491 g/mol. The van der Waals surface area contributed by atoms with Crippen molar-refractivity contribution < 1.29 is 34.2 Å². The van der Waals surface area contributed by atoms with Gasteiger partial charge in [-0.25, -0.2) is 4.79 Å². The second kappa shape index (κ2) is 12.8. The fourth-order valence-corrected chi connectivity index (χ4v) is 3.97. The van der Waals surface area contributed by atoms with E-state index >= 15 is 0 Å². The fourth-order valence-electron chi connectivity index (χ4n) is 3.97. The minimum Gasteiger partial charge on any atom is -0.481 e. The first kappa shape index (κ1) is 27.8. The Bertz CT molecular complexity index is 924. The van der Waals surface area contributed by atoms with Crippen molar-refractivity contribution in [2.45, 2.75) is 70.1 Å². The van der Waals surface area contributed by atoms with Crippen LogP contribution in [0.3, 0.4) is 0 Å². The summed E-state index contributed by atoms with van der Waals surface area (Å²) < 4.78 is 0. The van der Waals surface area contributed by atoms with Gasteiger partial charge in [-0.2, -0.15) is 0 Å². The second-order valence-corrected chi connectivity index (χ2v) is 8.85. The molecule has 5 atom stereocenters. The quantitative estimate of drug-likeness (QED) is 0.274. The largest absolute Gasteiger partial charge is 0.481 e. The number of nitrogens with two attached hydrogens (primary N) is 1. The lowest BCUT2D eigenvalue weighted by Crippen LogP contribution is -2.58. The first-order valence-corrected chi connectivity index (χ1v) is 11.7. The number of carbonyl (C=O) groups is 5. The SMILES string of the molecule is CCC(C)C(N)C(=O)NC(CC(=O)O)C(=O)NC(Cc1ccccc1)C(=O)N1CCCC1C(=O)O. The van der Waals surface area contributed by atoms with E-state index in [1.54, 1.807) is 37.3 Å². The predicted octanol–water partition coefficient (Wildman–Crippen LogP) is 0.122. The highest BCUT2D eigenvalue weighted by molar-refractivity contribution is 5.96. The monoisotopic (exact) mass is 490 g/mol. The highest BCUT2D eigenvalue weighted by Crippen LogP contribution is 2.20. The first-order chi connectivity index (χ1) is 16.5. The van der Waals surface area contributed by atoms with Crippen molar-refractivity contribution in [3.63, 3.8) is 0 Å². The summed E-state index contributed by atoms with van der Waals surface area (Å²) >= 11 is 0. The molecule has 192 valence electrons. The molecule has 1 fully saturated rings. The number of carbonyl (C=O) groups excluding carboxylic acids is 3. The minimum absolute atomic E-state index is 0.0639. The van der Waals surface area contributed by atoms with Gasteiger partial charge in [0.2, 0.25) is 17.7 Å². The van der Waals surface area contributed by atoms with Crippen LogP contribution in [0.25, 0.3) is 0 Å². The average Bonchev–Trinajstić information content (AvgIpc) is 3.32. The number of hydrogen-bond donors (Lipinski definition) is 5. The number of rotatable bonds is 12. The number of nitrogens with one attached hydrogen (secondary N) is 2. The predicted molar refractivity (Wildman–Crippen MR) is 126 cm³/mol. The molecule has 3 amide bonds. The third-order valence-corrected chi connectivity index (χ3v) is 6.29. The molecule has 11 heteroatoms. The molecule has 1 aliphatic heterocycles. The molecule has 1 aliphatic rings. The number of amides is 3. The van der Waals surface area contributed by atoms with Crippen LogP contribution in [0.15, 0.2) is 30.3 Å². The van der Waals surface area contributed by atoms with Crippen molar-refractivity contribution in [3.8, 4) is 0 Å². The maximum atomic E-state index is 13.3. The molecule has 0 saturated carbocycles. The van der Waals surface area contributed by atoms with Gasteiger partial charge in [0.25, 0.3) is 0 Å². The van der Waals surface area contributed by atoms with E-state index in [0.717, 1.165) is 5.56 Å². The van der Waals surface area contributed by atoms with Crippen molar-refractivity contribution in [1.29, 1.82) is 0 Å². The first-order valence-electron chi connectivity index (χ1n) is 11.7. The van der Waals surface area contributed by atoms with Crippen molar-refractivity contribution in [2.75, 3.05) is 6.54 Å². The smallest absolute Gasteiger partial charge is 0.326 e. The van der Waals surface area contributed by atoms with Crippen LogP contribution in [0, 0.1) is 5.92 Å². The van der Waals surface area contributed by atoms with E-state index in [2.05, 4.69) is 10.6 Å². The number of carboxylic acid groups (broad SMARTS) is 2. The standard InChI is InChI=1S/C24H34N4O7/c1-3-14(2)20(25)22(32)26-16(13-19(29)30)21(31)27-17(12-15-8-5-4-6-9-15)23(33)28-11-7-10-18(28)24(34)35/h4-6,8-9,14,16-18,20H,3,7,10-13,25H2,1-2H3,(H,26,32)(H,27,31)(H,29,30)(H,34,35). The van der Waals surface area contributed by atoms with Gasteiger partial charge in [-0.05, 0) is 24.3 Å². The zero-order chi connectivity index (χ0) is 26.1. The molecule has 6 N–H and O–H groups in total. The Kier molecular flexibility index (Phi) is 10.2. The summed E-state index contributed by atoms with van der Waals surface area (Å²) in [6.45, 7) is 3.85. The summed E-state index contributed by atoms with van der Waals surface area (Å²) in [5, 5.41) is 23.7. The maximum Gasteiger partial charge on any atom is 0.326 e. The molecule has 0 aliphatic carbocycles. The highest BCUT2D eigenvalue weighted by atomic mass is 16.4. The van der Waals surface area contributed by atoms with Gasteiger partial charge < -0.3 is 31.5 Å². The van der Waals surface area contributed by atoms with Gasteiger partial charge in [-0.3, -0.25) is 19.2 Å². The lowest BCUT2D eigenvalue weighted by atomic mass is 9.98. The van der Waals surface area contributed by atoms with Gasteiger partial charge in [0.1, 0.15) is 18.1 Å². The van der Waals surface area contributed by atoms with Gasteiger partial charge in [-0.1, -0.05) is 50.6 Å². The topological polar surface area (TPSA) is 179 Å². The van der Waals surface area contributed by atoms with Gasteiger partial charge in [-0.15, -0.1) is 0 Å². The molecule has 11 nitrogen and oxygen atoms in total. The molecule has 0 radical (unpaired) electrons. The van der Waals surface area contributed by atoms with Crippen LogP contribution in [-0.2, 0) is 30.4 Å². The van der Waals surface area contributed by atoms with Crippen LogP contribution in [0.2, 0.25) is 0 Å². The molecular weight excluding hydrogens is 456 g/mol.